The van der Waals surface area contributed by atoms with E-state index in [-0.39, 0.29) is 18.7 Å². The number of carbonyl (C=O) groups excluding carboxylic acids is 2. The summed E-state index contributed by atoms with van der Waals surface area (Å²) >= 11 is 0. The van der Waals surface area contributed by atoms with Gasteiger partial charge in [-0.3, -0.25) is 14.5 Å². The monoisotopic (exact) mass is 243 g/mol. The van der Waals surface area contributed by atoms with Crippen molar-refractivity contribution in [2.75, 3.05) is 11.4 Å². The lowest BCUT2D eigenvalue weighted by Crippen LogP contribution is -2.41. The van der Waals surface area contributed by atoms with E-state index in [1.165, 1.54) is 11.8 Å². The fraction of sp³-hybridized carbons (Fsp3) is 0.286. The molecule has 92 valence electrons. The molecule has 1 aliphatic heterocycles. The Balaban J connectivity index is 2.55. The summed E-state index contributed by atoms with van der Waals surface area (Å²) in [6.45, 7) is 1.42. The smallest absolute Gasteiger partial charge is 0.265 e. The lowest BCUT2D eigenvalue weighted by Gasteiger charge is -2.20. The summed E-state index contributed by atoms with van der Waals surface area (Å²) < 4.78 is 0. The van der Waals surface area contributed by atoms with Gasteiger partial charge < -0.3 is 5.11 Å². The van der Waals surface area contributed by atoms with Crippen LogP contribution in [-0.2, 0) is 15.2 Å². The van der Waals surface area contributed by atoms with Gasteiger partial charge in [0.25, 0.3) is 5.91 Å². The third kappa shape index (κ3) is 1.69. The van der Waals surface area contributed by atoms with Crippen LogP contribution in [0, 0.1) is 12.3 Å². The van der Waals surface area contributed by atoms with E-state index in [2.05, 4.69) is 5.92 Å². The molecule has 0 aliphatic carbocycles. The maximum absolute atomic E-state index is 12.2. The molecule has 4 heteroatoms. The number of Topliss-reactive ketones (excluding diaryl/α,β-unsaturated/α-hetero) is 1. The number of carbonyl (C=O) groups is 2. The molecule has 1 aromatic rings. The Hall–Kier alpha value is -2.12. The predicted octanol–water partition coefficient (Wildman–Crippen LogP) is 0.833. The van der Waals surface area contributed by atoms with E-state index in [1.807, 2.05) is 0 Å². The number of hydrogen-bond acceptors (Lipinski definition) is 3. The SMILES string of the molecule is C#CCN1C(=O)[C@@](O)(CC(C)=O)c2ccccc21. The Morgan fingerprint density at radius 3 is 2.78 bits per heavy atom. The van der Waals surface area contributed by atoms with Gasteiger partial charge >= 0.3 is 0 Å². The summed E-state index contributed by atoms with van der Waals surface area (Å²) in [4.78, 5) is 24.8. The minimum absolute atomic E-state index is 0.0794. The number of hydrogen-bond donors (Lipinski definition) is 1. The highest BCUT2D eigenvalue weighted by atomic mass is 16.3. The Morgan fingerprint density at radius 1 is 1.50 bits per heavy atom. The highest BCUT2D eigenvalue weighted by molar-refractivity contribution is 6.09. The van der Waals surface area contributed by atoms with Crippen LogP contribution in [0.3, 0.4) is 0 Å². The van der Waals surface area contributed by atoms with Crippen molar-refractivity contribution < 1.29 is 14.7 Å². The molecule has 1 N–H and O–H groups in total. The quantitative estimate of drug-likeness (QED) is 0.800. The van der Waals surface area contributed by atoms with E-state index in [0.717, 1.165) is 0 Å². The molecule has 0 aromatic heterocycles. The lowest BCUT2D eigenvalue weighted by atomic mass is 9.90. The Kier molecular flexibility index (Phi) is 2.93. The third-order valence-electron chi connectivity index (χ3n) is 2.99. The molecule has 0 spiro atoms. The zero-order chi connectivity index (χ0) is 13.3. The topological polar surface area (TPSA) is 57.6 Å². The standard InChI is InChI=1S/C14H13NO3/c1-3-8-15-12-7-5-4-6-11(12)14(18,13(15)17)9-10(2)16/h1,4-7,18H,8-9H2,2H3/t14-/m1/s1. The van der Waals surface area contributed by atoms with Crippen molar-refractivity contribution in [2.45, 2.75) is 18.9 Å². The van der Waals surface area contributed by atoms with Crippen molar-refractivity contribution >= 4 is 17.4 Å². The zero-order valence-electron chi connectivity index (χ0n) is 10.0. The second-order valence-corrected chi connectivity index (χ2v) is 4.35. The zero-order valence-corrected chi connectivity index (χ0v) is 10.0. The third-order valence-corrected chi connectivity index (χ3v) is 2.99. The van der Waals surface area contributed by atoms with Crippen LogP contribution >= 0.6 is 0 Å². The molecule has 1 aromatic carbocycles. The Labute approximate surface area is 105 Å². The van der Waals surface area contributed by atoms with E-state index in [4.69, 9.17) is 6.42 Å². The van der Waals surface area contributed by atoms with Crippen molar-refractivity contribution in [3.63, 3.8) is 0 Å². The molecule has 18 heavy (non-hydrogen) atoms. The molecule has 1 heterocycles. The minimum Gasteiger partial charge on any atom is -0.375 e. The summed E-state index contributed by atoms with van der Waals surface area (Å²) in [7, 11) is 0. The van der Waals surface area contributed by atoms with Gasteiger partial charge in [-0.25, -0.2) is 0 Å². The van der Waals surface area contributed by atoms with Crippen molar-refractivity contribution in [1.82, 2.24) is 0 Å². The minimum atomic E-state index is -1.78. The van der Waals surface area contributed by atoms with Crippen LogP contribution in [0.5, 0.6) is 0 Å². The van der Waals surface area contributed by atoms with Gasteiger partial charge in [-0.1, -0.05) is 24.1 Å². The molecule has 1 atom stereocenters. The number of nitrogens with zero attached hydrogens (tertiary/aromatic N) is 1. The molecule has 4 nitrogen and oxygen atoms in total. The first kappa shape index (κ1) is 12.3. The molecule has 0 saturated heterocycles. The van der Waals surface area contributed by atoms with Gasteiger partial charge in [-0.2, -0.15) is 0 Å². The lowest BCUT2D eigenvalue weighted by molar-refractivity contribution is -0.141. The number of para-hydroxylation sites is 1. The highest BCUT2D eigenvalue weighted by Crippen LogP contribution is 2.41. The van der Waals surface area contributed by atoms with Crippen LogP contribution < -0.4 is 4.90 Å². The fourth-order valence-corrected chi connectivity index (χ4v) is 2.29. The summed E-state index contributed by atoms with van der Waals surface area (Å²) in [6.07, 6.45) is 4.99. The van der Waals surface area contributed by atoms with Gasteiger partial charge in [0, 0.05) is 12.0 Å². The largest absolute Gasteiger partial charge is 0.375 e. The number of terminal acetylenes is 1. The first-order valence-corrected chi connectivity index (χ1v) is 5.57. The van der Waals surface area contributed by atoms with E-state index in [1.54, 1.807) is 24.3 Å². The highest BCUT2D eigenvalue weighted by Gasteiger charge is 2.49. The van der Waals surface area contributed by atoms with Crippen LogP contribution in [0.15, 0.2) is 24.3 Å². The molecular formula is C14H13NO3. The first-order valence-electron chi connectivity index (χ1n) is 5.57. The molecule has 1 aliphatic rings. The van der Waals surface area contributed by atoms with Gasteiger partial charge in [-0.05, 0) is 13.0 Å². The van der Waals surface area contributed by atoms with E-state index < -0.39 is 11.5 Å². The van der Waals surface area contributed by atoms with Gasteiger partial charge in [0.15, 0.2) is 5.60 Å². The van der Waals surface area contributed by atoms with Gasteiger partial charge in [0.05, 0.1) is 12.2 Å². The molecule has 0 saturated carbocycles. The predicted molar refractivity (Wildman–Crippen MR) is 66.8 cm³/mol. The Morgan fingerprint density at radius 2 is 2.17 bits per heavy atom. The molecular weight excluding hydrogens is 230 g/mol. The Bertz CT molecular complexity index is 558. The average Bonchev–Trinajstić information content (AvgIpc) is 2.52. The van der Waals surface area contributed by atoms with E-state index >= 15 is 0 Å². The van der Waals surface area contributed by atoms with Crippen molar-refractivity contribution in [3.05, 3.63) is 29.8 Å². The average molecular weight is 243 g/mol. The first-order chi connectivity index (χ1) is 8.50. The second kappa shape index (κ2) is 4.28. The second-order valence-electron chi connectivity index (χ2n) is 4.35. The van der Waals surface area contributed by atoms with Gasteiger partial charge in [0.1, 0.15) is 5.78 Å². The molecule has 1 amide bonds. The number of ketones is 1. The van der Waals surface area contributed by atoms with E-state index in [0.29, 0.717) is 11.3 Å². The number of anilines is 1. The summed E-state index contributed by atoms with van der Waals surface area (Å²) in [5.74, 6) is 1.60. The van der Waals surface area contributed by atoms with E-state index in [9.17, 15) is 14.7 Å². The van der Waals surface area contributed by atoms with Crippen LogP contribution in [0.1, 0.15) is 18.9 Å². The summed E-state index contributed by atoms with van der Waals surface area (Å²) in [5.41, 5.74) is -0.760. The molecule has 2 rings (SSSR count). The maximum Gasteiger partial charge on any atom is 0.265 e. The number of benzene rings is 1. The van der Waals surface area contributed by atoms with Crippen LogP contribution in [0.4, 0.5) is 5.69 Å². The molecule has 0 radical (unpaired) electrons. The fourth-order valence-electron chi connectivity index (χ4n) is 2.29. The number of aliphatic hydroxyl groups is 1. The summed E-state index contributed by atoms with van der Waals surface area (Å²) in [5, 5.41) is 10.5. The molecule has 0 fully saturated rings. The van der Waals surface area contributed by atoms with Crippen LogP contribution in [0.25, 0.3) is 0 Å². The normalized spacial score (nSPS) is 21.6. The van der Waals surface area contributed by atoms with Gasteiger partial charge in [0.2, 0.25) is 0 Å². The number of fused-ring (bicyclic) bond motifs is 1. The van der Waals surface area contributed by atoms with Crippen LogP contribution in [-0.4, -0.2) is 23.3 Å². The molecule has 0 bridgehead atoms. The molecule has 0 unspecified atom stereocenters. The summed E-state index contributed by atoms with van der Waals surface area (Å²) in [6, 6.07) is 6.83. The number of rotatable bonds is 3. The van der Waals surface area contributed by atoms with Crippen molar-refractivity contribution in [2.24, 2.45) is 0 Å². The van der Waals surface area contributed by atoms with Crippen LogP contribution in [0.2, 0.25) is 0 Å². The number of amides is 1. The maximum atomic E-state index is 12.2. The van der Waals surface area contributed by atoms with Crippen molar-refractivity contribution in [3.8, 4) is 12.3 Å². The van der Waals surface area contributed by atoms with Gasteiger partial charge in [-0.15, -0.1) is 6.42 Å². The van der Waals surface area contributed by atoms with Crippen molar-refractivity contribution in [1.29, 1.82) is 0 Å².